The molecule has 0 saturated carbocycles. The Kier molecular flexibility index (Phi) is 3.02. The molecule has 1 aromatic carbocycles. The van der Waals surface area contributed by atoms with Crippen molar-refractivity contribution in [2.75, 3.05) is 12.0 Å². The Morgan fingerprint density at radius 1 is 1.30 bits per heavy atom. The number of hydrogen-bond donors (Lipinski definition) is 2. The Hall–Kier alpha value is -1.86. The van der Waals surface area contributed by atoms with Crippen LogP contribution in [0.3, 0.4) is 0 Å². The van der Waals surface area contributed by atoms with Gasteiger partial charge in [-0.1, -0.05) is 6.07 Å². The first-order chi connectivity index (χ1) is 9.49. The number of fused-ring (bicyclic) bond motifs is 1. The summed E-state index contributed by atoms with van der Waals surface area (Å²) < 4.78 is 28.4. The topological polar surface area (TPSA) is 76.0 Å². The second-order valence-corrected chi connectivity index (χ2v) is 6.70. The van der Waals surface area contributed by atoms with Crippen molar-refractivity contribution >= 4 is 15.7 Å². The molecule has 0 amide bonds. The number of rotatable bonds is 2. The van der Waals surface area contributed by atoms with Gasteiger partial charge >= 0.3 is 0 Å². The Morgan fingerprint density at radius 3 is 2.85 bits per heavy atom. The van der Waals surface area contributed by atoms with Gasteiger partial charge in [-0.05, 0) is 32.0 Å². The summed E-state index contributed by atoms with van der Waals surface area (Å²) in [5.74, 6) is 0. The predicted molar refractivity (Wildman–Crippen MR) is 76.9 cm³/mol. The fourth-order valence-electron chi connectivity index (χ4n) is 2.31. The minimum atomic E-state index is -3.43. The largest absolute Gasteiger partial charge is 0.370 e. The molecule has 1 aromatic heterocycles. The average Bonchev–Trinajstić information content (AvgIpc) is 2.87. The molecule has 6 nitrogen and oxygen atoms in total. The molecule has 2 N–H and O–H groups in total. The SMILES string of the molecule is CC(C)n1nccc1-c1ccc2c(c1)S(=O)(=O)NCN2. The number of anilines is 1. The van der Waals surface area contributed by atoms with Gasteiger partial charge in [0, 0.05) is 17.8 Å². The lowest BCUT2D eigenvalue weighted by Crippen LogP contribution is -2.34. The third-order valence-corrected chi connectivity index (χ3v) is 4.71. The molecule has 0 spiro atoms. The number of aromatic nitrogens is 2. The normalized spacial score (nSPS) is 16.8. The van der Waals surface area contributed by atoms with Gasteiger partial charge in [-0.2, -0.15) is 9.82 Å². The van der Waals surface area contributed by atoms with Gasteiger partial charge in [0.25, 0.3) is 0 Å². The highest BCUT2D eigenvalue weighted by Crippen LogP contribution is 2.30. The van der Waals surface area contributed by atoms with Gasteiger partial charge < -0.3 is 5.32 Å². The fourth-order valence-corrected chi connectivity index (χ4v) is 3.44. The standard InChI is InChI=1S/C13H16N4O2S/c1-9(2)17-12(5-6-15-17)10-3-4-11-13(7-10)20(18,19)16-8-14-11/h3-7,9,14,16H,8H2,1-2H3. The van der Waals surface area contributed by atoms with E-state index in [1.54, 1.807) is 18.3 Å². The van der Waals surface area contributed by atoms with Gasteiger partial charge in [-0.3, -0.25) is 4.68 Å². The quantitative estimate of drug-likeness (QED) is 0.885. The fraction of sp³-hybridized carbons (Fsp3) is 0.308. The molecule has 0 radical (unpaired) electrons. The van der Waals surface area contributed by atoms with Crippen molar-refractivity contribution in [3.05, 3.63) is 30.5 Å². The maximum absolute atomic E-state index is 12.0. The summed E-state index contributed by atoms with van der Waals surface area (Å²) in [5, 5.41) is 7.29. The van der Waals surface area contributed by atoms with E-state index in [1.807, 2.05) is 30.7 Å². The van der Waals surface area contributed by atoms with Gasteiger partial charge in [0.05, 0.1) is 18.1 Å². The Bertz CT molecular complexity index is 749. The first-order valence-electron chi connectivity index (χ1n) is 6.40. The molecule has 2 heterocycles. The molecular weight excluding hydrogens is 276 g/mol. The van der Waals surface area contributed by atoms with Crippen LogP contribution in [-0.4, -0.2) is 24.9 Å². The van der Waals surface area contributed by atoms with Crippen molar-refractivity contribution in [2.24, 2.45) is 0 Å². The molecule has 0 unspecified atom stereocenters. The summed E-state index contributed by atoms with van der Waals surface area (Å²) in [6.45, 7) is 4.29. The molecule has 3 rings (SSSR count). The van der Waals surface area contributed by atoms with Crippen molar-refractivity contribution in [2.45, 2.75) is 24.8 Å². The highest BCUT2D eigenvalue weighted by Gasteiger charge is 2.23. The molecule has 20 heavy (non-hydrogen) atoms. The molecule has 1 aliphatic rings. The number of nitrogens with one attached hydrogen (secondary N) is 2. The zero-order valence-corrected chi connectivity index (χ0v) is 12.1. The first-order valence-corrected chi connectivity index (χ1v) is 7.89. The van der Waals surface area contributed by atoms with Gasteiger partial charge in [-0.15, -0.1) is 0 Å². The predicted octanol–water partition coefficient (Wildman–Crippen LogP) is 1.79. The van der Waals surface area contributed by atoms with Crippen LogP contribution in [0, 0.1) is 0 Å². The molecule has 106 valence electrons. The minimum absolute atomic E-state index is 0.212. The van der Waals surface area contributed by atoms with E-state index in [2.05, 4.69) is 15.1 Å². The van der Waals surface area contributed by atoms with E-state index in [4.69, 9.17) is 0 Å². The number of benzene rings is 1. The lowest BCUT2D eigenvalue weighted by atomic mass is 10.1. The van der Waals surface area contributed by atoms with E-state index in [0.717, 1.165) is 11.3 Å². The van der Waals surface area contributed by atoms with Crippen LogP contribution in [0.25, 0.3) is 11.3 Å². The van der Waals surface area contributed by atoms with Crippen LogP contribution >= 0.6 is 0 Å². The molecule has 0 bridgehead atoms. The first kappa shape index (κ1) is 13.1. The Morgan fingerprint density at radius 2 is 2.10 bits per heavy atom. The monoisotopic (exact) mass is 292 g/mol. The van der Waals surface area contributed by atoms with E-state index in [9.17, 15) is 8.42 Å². The molecule has 0 atom stereocenters. The summed E-state index contributed by atoms with van der Waals surface area (Å²) >= 11 is 0. The molecular formula is C13H16N4O2S. The van der Waals surface area contributed by atoms with Crippen molar-refractivity contribution in [1.82, 2.24) is 14.5 Å². The molecule has 2 aromatic rings. The summed E-state index contributed by atoms with van der Waals surface area (Å²) in [5.41, 5.74) is 2.37. The summed E-state index contributed by atoms with van der Waals surface area (Å²) in [6.07, 6.45) is 1.72. The molecule has 0 saturated heterocycles. The van der Waals surface area contributed by atoms with Crippen LogP contribution in [-0.2, 0) is 10.0 Å². The molecule has 0 aliphatic carbocycles. The van der Waals surface area contributed by atoms with E-state index in [0.29, 0.717) is 5.69 Å². The van der Waals surface area contributed by atoms with Crippen molar-refractivity contribution in [3.8, 4) is 11.3 Å². The summed E-state index contributed by atoms with van der Waals surface area (Å²) in [7, 11) is -3.43. The van der Waals surface area contributed by atoms with Crippen LogP contribution in [0.4, 0.5) is 5.69 Å². The summed E-state index contributed by atoms with van der Waals surface area (Å²) in [6, 6.07) is 7.48. The van der Waals surface area contributed by atoms with E-state index in [-0.39, 0.29) is 17.6 Å². The van der Waals surface area contributed by atoms with Crippen molar-refractivity contribution in [3.63, 3.8) is 0 Å². The van der Waals surface area contributed by atoms with Gasteiger partial charge in [0.2, 0.25) is 10.0 Å². The maximum atomic E-state index is 12.0. The van der Waals surface area contributed by atoms with Crippen LogP contribution in [0.2, 0.25) is 0 Å². The van der Waals surface area contributed by atoms with Crippen LogP contribution < -0.4 is 10.0 Å². The molecule has 7 heteroatoms. The van der Waals surface area contributed by atoms with Crippen molar-refractivity contribution in [1.29, 1.82) is 0 Å². The van der Waals surface area contributed by atoms with Gasteiger partial charge in [0.1, 0.15) is 4.90 Å². The van der Waals surface area contributed by atoms with Crippen molar-refractivity contribution < 1.29 is 8.42 Å². The smallest absolute Gasteiger partial charge is 0.244 e. The maximum Gasteiger partial charge on any atom is 0.244 e. The van der Waals surface area contributed by atoms with E-state index < -0.39 is 10.0 Å². The number of hydrogen-bond acceptors (Lipinski definition) is 4. The lowest BCUT2D eigenvalue weighted by Gasteiger charge is -2.20. The Labute approximate surface area is 117 Å². The molecule has 1 aliphatic heterocycles. The van der Waals surface area contributed by atoms with Gasteiger partial charge in [0.15, 0.2) is 0 Å². The number of nitrogens with zero attached hydrogens (tertiary/aromatic N) is 2. The zero-order valence-electron chi connectivity index (χ0n) is 11.3. The van der Waals surface area contributed by atoms with E-state index >= 15 is 0 Å². The summed E-state index contributed by atoms with van der Waals surface area (Å²) in [4.78, 5) is 0.276. The highest BCUT2D eigenvalue weighted by molar-refractivity contribution is 7.89. The second kappa shape index (κ2) is 4.60. The number of sulfonamides is 1. The third kappa shape index (κ3) is 2.08. The lowest BCUT2D eigenvalue weighted by molar-refractivity contribution is 0.538. The highest BCUT2D eigenvalue weighted by atomic mass is 32.2. The molecule has 0 fully saturated rings. The third-order valence-electron chi connectivity index (χ3n) is 3.27. The minimum Gasteiger partial charge on any atom is -0.370 e. The van der Waals surface area contributed by atoms with Crippen LogP contribution in [0.1, 0.15) is 19.9 Å². The van der Waals surface area contributed by atoms with Crippen LogP contribution in [0.15, 0.2) is 35.4 Å². The average molecular weight is 292 g/mol. The Balaban J connectivity index is 2.15. The van der Waals surface area contributed by atoms with Gasteiger partial charge in [-0.25, -0.2) is 8.42 Å². The zero-order chi connectivity index (χ0) is 14.3. The van der Waals surface area contributed by atoms with Crippen LogP contribution in [0.5, 0.6) is 0 Å². The van der Waals surface area contributed by atoms with E-state index in [1.165, 1.54) is 0 Å². The second-order valence-electron chi connectivity index (χ2n) is 4.97.